The summed E-state index contributed by atoms with van der Waals surface area (Å²) < 4.78 is 0. The summed E-state index contributed by atoms with van der Waals surface area (Å²) in [4.78, 5) is 0. The molecule has 1 aliphatic rings. The monoisotopic (exact) mass is 166 g/mol. The lowest BCUT2D eigenvalue weighted by molar-refractivity contribution is 0.299. The van der Waals surface area contributed by atoms with Gasteiger partial charge in [0.15, 0.2) is 0 Å². The van der Waals surface area contributed by atoms with Crippen molar-refractivity contribution in [2.24, 2.45) is 0 Å². The van der Waals surface area contributed by atoms with E-state index >= 15 is 0 Å². The fraction of sp³-hybridized carbons (Fsp3) is 0.636. The summed E-state index contributed by atoms with van der Waals surface area (Å²) in [6.45, 7) is 2.36. The molecule has 0 atom stereocenters. The van der Waals surface area contributed by atoms with Crippen molar-refractivity contribution in [3.05, 3.63) is 23.3 Å². The van der Waals surface area contributed by atoms with Gasteiger partial charge in [-0.25, -0.2) is 0 Å². The summed E-state index contributed by atoms with van der Waals surface area (Å²) >= 11 is 0. The Morgan fingerprint density at radius 2 is 2.42 bits per heavy atom. The number of hydrogen-bond acceptors (Lipinski definition) is 1. The van der Waals surface area contributed by atoms with Gasteiger partial charge in [0, 0.05) is 6.61 Å². The Morgan fingerprint density at radius 1 is 1.58 bits per heavy atom. The molecule has 0 radical (unpaired) electrons. The molecule has 0 amide bonds. The molecule has 1 heteroatoms. The van der Waals surface area contributed by atoms with Crippen molar-refractivity contribution >= 4 is 0 Å². The molecule has 0 aromatic rings. The summed E-state index contributed by atoms with van der Waals surface area (Å²) in [5.74, 6) is 0. The second kappa shape index (κ2) is 5.15. The molecule has 1 aliphatic carbocycles. The molecule has 12 heavy (non-hydrogen) atoms. The van der Waals surface area contributed by atoms with Crippen LogP contribution in [0.3, 0.4) is 0 Å². The molecule has 0 bridgehead atoms. The summed E-state index contributed by atoms with van der Waals surface area (Å²) in [6, 6.07) is 0. The van der Waals surface area contributed by atoms with Gasteiger partial charge in [-0.05, 0) is 39.0 Å². The summed E-state index contributed by atoms with van der Waals surface area (Å²) in [5, 5.41) is 8.71. The zero-order valence-electron chi connectivity index (χ0n) is 7.84. The number of hydrogen-bond donors (Lipinski definition) is 1. The zero-order chi connectivity index (χ0) is 8.81. The Labute approximate surface area is 74.8 Å². The standard InChI is InChI=1S/C11H18O/c1-10(7-8-12)9-11-5-3-2-4-6-11/h5,9,12H,2-4,6-8H2,1H3/b10-9+. The van der Waals surface area contributed by atoms with Crippen LogP contribution in [0.15, 0.2) is 23.3 Å². The smallest absolute Gasteiger partial charge is 0.0468 e. The fourth-order valence-corrected chi connectivity index (χ4v) is 1.56. The molecule has 0 aliphatic heterocycles. The van der Waals surface area contributed by atoms with Gasteiger partial charge in [-0.15, -0.1) is 0 Å². The third-order valence-corrected chi connectivity index (χ3v) is 2.26. The molecular formula is C11H18O. The lowest BCUT2D eigenvalue weighted by Crippen LogP contribution is -1.91. The van der Waals surface area contributed by atoms with Crippen LogP contribution >= 0.6 is 0 Å². The van der Waals surface area contributed by atoms with Crippen LogP contribution < -0.4 is 0 Å². The van der Waals surface area contributed by atoms with Crippen molar-refractivity contribution in [1.29, 1.82) is 0 Å². The number of aliphatic hydroxyl groups excluding tert-OH is 1. The second-order valence-electron chi connectivity index (χ2n) is 3.49. The molecule has 0 heterocycles. The van der Waals surface area contributed by atoms with Gasteiger partial charge in [0.05, 0.1) is 0 Å². The maximum absolute atomic E-state index is 8.71. The largest absolute Gasteiger partial charge is 0.396 e. The first-order valence-corrected chi connectivity index (χ1v) is 4.80. The predicted molar refractivity (Wildman–Crippen MR) is 52.0 cm³/mol. The first kappa shape index (κ1) is 9.53. The third kappa shape index (κ3) is 3.22. The van der Waals surface area contributed by atoms with E-state index < -0.39 is 0 Å². The van der Waals surface area contributed by atoms with Crippen LogP contribution in [-0.2, 0) is 0 Å². The molecule has 1 N–H and O–H groups in total. The molecule has 0 unspecified atom stereocenters. The van der Waals surface area contributed by atoms with E-state index in [0.29, 0.717) is 0 Å². The van der Waals surface area contributed by atoms with Gasteiger partial charge in [0.25, 0.3) is 0 Å². The molecule has 68 valence electrons. The summed E-state index contributed by atoms with van der Waals surface area (Å²) in [6.07, 6.45) is 10.5. The van der Waals surface area contributed by atoms with E-state index in [9.17, 15) is 0 Å². The predicted octanol–water partition coefficient (Wildman–Crippen LogP) is 2.82. The highest BCUT2D eigenvalue weighted by molar-refractivity contribution is 5.23. The Morgan fingerprint density at radius 3 is 3.00 bits per heavy atom. The summed E-state index contributed by atoms with van der Waals surface area (Å²) in [7, 11) is 0. The molecule has 0 fully saturated rings. The minimum atomic E-state index is 0.273. The van der Waals surface area contributed by atoms with E-state index in [0.717, 1.165) is 6.42 Å². The van der Waals surface area contributed by atoms with Crippen molar-refractivity contribution < 1.29 is 5.11 Å². The minimum Gasteiger partial charge on any atom is -0.396 e. The Balaban J connectivity index is 2.46. The zero-order valence-corrected chi connectivity index (χ0v) is 7.84. The van der Waals surface area contributed by atoms with Crippen molar-refractivity contribution in [3.63, 3.8) is 0 Å². The second-order valence-corrected chi connectivity index (χ2v) is 3.49. The molecule has 0 saturated heterocycles. The molecule has 0 saturated carbocycles. The van der Waals surface area contributed by atoms with E-state index in [4.69, 9.17) is 5.11 Å². The van der Waals surface area contributed by atoms with Gasteiger partial charge in [0.1, 0.15) is 0 Å². The molecule has 1 nitrogen and oxygen atoms in total. The molecule has 0 aromatic heterocycles. The van der Waals surface area contributed by atoms with E-state index in [1.54, 1.807) is 0 Å². The van der Waals surface area contributed by atoms with Crippen molar-refractivity contribution in [2.45, 2.75) is 39.0 Å². The lowest BCUT2D eigenvalue weighted by atomic mass is 9.97. The number of aliphatic hydroxyl groups is 1. The van der Waals surface area contributed by atoms with Crippen LogP contribution in [0.25, 0.3) is 0 Å². The highest BCUT2D eigenvalue weighted by Gasteiger charge is 2.00. The molecule has 0 spiro atoms. The number of allylic oxidation sites excluding steroid dienone is 3. The quantitative estimate of drug-likeness (QED) is 0.683. The van der Waals surface area contributed by atoms with Gasteiger partial charge in [-0.3, -0.25) is 0 Å². The van der Waals surface area contributed by atoms with Gasteiger partial charge in [-0.2, -0.15) is 0 Å². The lowest BCUT2D eigenvalue weighted by Gasteiger charge is -2.09. The summed E-state index contributed by atoms with van der Waals surface area (Å²) in [5.41, 5.74) is 2.76. The maximum atomic E-state index is 8.71. The van der Waals surface area contributed by atoms with Crippen molar-refractivity contribution in [2.75, 3.05) is 6.61 Å². The van der Waals surface area contributed by atoms with Crippen LogP contribution in [0.1, 0.15) is 39.0 Å². The first-order chi connectivity index (χ1) is 5.83. The normalized spacial score (nSPS) is 19.2. The van der Waals surface area contributed by atoms with Crippen LogP contribution in [0.5, 0.6) is 0 Å². The van der Waals surface area contributed by atoms with Crippen LogP contribution in [0.2, 0.25) is 0 Å². The maximum Gasteiger partial charge on any atom is 0.0468 e. The highest BCUT2D eigenvalue weighted by Crippen LogP contribution is 2.19. The Bertz CT molecular complexity index is 189. The average Bonchev–Trinajstić information content (AvgIpc) is 2.06. The van der Waals surface area contributed by atoms with Crippen molar-refractivity contribution in [3.8, 4) is 0 Å². The van der Waals surface area contributed by atoms with Gasteiger partial charge >= 0.3 is 0 Å². The third-order valence-electron chi connectivity index (χ3n) is 2.26. The van der Waals surface area contributed by atoms with E-state index in [1.807, 2.05) is 0 Å². The highest BCUT2D eigenvalue weighted by atomic mass is 16.2. The molecule has 0 aromatic carbocycles. The topological polar surface area (TPSA) is 20.2 Å². The molecule has 1 rings (SSSR count). The van der Waals surface area contributed by atoms with Gasteiger partial charge in [0.2, 0.25) is 0 Å². The van der Waals surface area contributed by atoms with E-state index in [-0.39, 0.29) is 6.61 Å². The van der Waals surface area contributed by atoms with E-state index in [1.165, 1.54) is 36.8 Å². The minimum absolute atomic E-state index is 0.273. The molecular weight excluding hydrogens is 148 g/mol. The number of rotatable bonds is 3. The SMILES string of the molecule is C/C(=C\C1=CCCCC1)CCO. The fourth-order valence-electron chi connectivity index (χ4n) is 1.56. The first-order valence-electron chi connectivity index (χ1n) is 4.80. The van der Waals surface area contributed by atoms with Gasteiger partial charge < -0.3 is 5.11 Å². The van der Waals surface area contributed by atoms with Crippen molar-refractivity contribution in [1.82, 2.24) is 0 Å². The Hall–Kier alpha value is -0.560. The van der Waals surface area contributed by atoms with E-state index in [2.05, 4.69) is 19.1 Å². The van der Waals surface area contributed by atoms with Gasteiger partial charge in [-0.1, -0.05) is 23.3 Å². The van der Waals surface area contributed by atoms with Crippen LogP contribution in [-0.4, -0.2) is 11.7 Å². The van der Waals surface area contributed by atoms with Crippen LogP contribution in [0.4, 0.5) is 0 Å². The average molecular weight is 166 g/mol. The Kier molecular flexibility index (Phi) is 4.09. The van der Waals surface area contributed by atoms with Crippen LogP contribution in [0, 0.1) is 0 Å².